The minimum Gasteiger partial charge on any atom is -0.463 e. The molecule has 0 amide bonds. The number of aliphatic hydroxyl groups is 1. The fourth-order valence-corrected chi connectivity index (χ4v) is 1.12. The molecule has 0 aromatic rings. The van der Waals surface area contributed by atoms with Gasteiger partial charge in [-0.05, 0) is 27.7 Å². The Bertz CT molecular complexity index is 218. The maximum atomic E-state index is 11.5. The summed E-state index contributed by atoms with van der Waals surface area (Å²) in [7, 11) is 1.55. The molecule has 0 bridgehead atoms. The van der Waals surface area contributed by atoms with Crippen LogP contribution in [-0.4, -0.2) is 37.0 Å². The topological polar surface area (TPSA) is 55.8 Å². The van der Waals surface area contributed by atoms with Crippen LogP contribution in [-0.2, 0) is 14.3 Å². The fraction of sp³-hybridized carbons (Fsp3) is 0.917. The van der Waals surface area contributed by atoms with Gasteiger partial charge in [0.1, 0.15) is 6.61 Å². The van der Waals surface area contributed by atoms with E-state index in [2.05, 4.69) is 0 Å². The highest BCUT2D eigenvalue weighted by Gasteiger charge is 2.27. The van der Waals surface area contributed by atoms with Crippen LogP contribution in [0.2, 0.25) is 0 Å². The molecular formula is C12H24O4. The lowest BCUT2D eigenvalue weighted by atomic mass is 9.97. The first-order valence-corrected chi connectivity index (χ1v) is 5.58. The van der Waals surface area contributed by atoms with Crippen molar-refractivity contribution in [1.82, 2.24) is 0 Å². The summed E-state index contributed by atoms with van der Waals surface area (Å²) in [5.74, 6) is -0.329. The lowest BCUT2D eigenvalue weighted by molar-refractivity contribution is -0.158. The molecule has 16 heavy (non-hydrogen) atoms. The highest BCUT2D eigenvalue weighted by molar-refractivity contribution is 5.75. The highest BCUT2D eigenvalue weighted by atomic mass is 16.6. The van der Waals surface area contributed by atoms with Crippen molar-refractivity contribution in [2.75, 3.05) is 13.7 Å². The lowest BCUT2D eigenvalue weighted by Crippen LogP contribution is -2.35. The van der Waals surface area contributed by atoms with Crippen LogP contribution >= 0.6 is 0 Å². The van der Waals surface area contributed by atoms with Gasteiger partial charge in [-0.1, -0.05) is 6.92 Å². The molecule has 96 valence electrons. The predicted molar refractivity (Wildman–Crippen MR) is 62.1 cm³/mol. The number of carbonyl (C=O) groups excluding carboxylic acids is 1. The average molecular weight is 232 g/mol. The van der Waals surface area contributed by atoms with E-state index >= 15 is 0 Å². The normalized spacial score (nSPS) is 17.7. The molecule has 4 nitrogen and oxygen atoms in total. The number of ether oxygens (including phenoxy) is 2. The predicted octanol–water partition coefficient (Wildman–Crippen LogP) is 1.61. The van der Waals surface area contributed by atoms with Gasteiger partial charge in [0.15, 0.2) is 0 Å². The number of esters is 1. The molecule has 0 aliphatic rings. The van der Waals surface area contributed by atoms with Crippen LogP contribution in [0.15, 0.2) is 0 Å². The van der Waals surface area contributed by atoms with Crippen LogP contribution in [0.25, 0.3) is 0 Å². The van der Waals surface area contributed by atoms with E-state index in [1.807, 2.05) is 6.92 Å². The summed E-state index contributed by atoms with van der Waals surface area (Å²) in [5, 5.41) is 9.43. The Morgan fingerprint density at radius 1 is 1.31 bits per heavy atom. The van der Waals surface area contributed by atoms with Gasteiger partial charge in [-0.15, -0.1) is 0 Å². The monoisotopic (exact) mass is 232 g/mol. The van der Waals surface area contributed by atoms with Crippen LogP contribution in [0.1, 0.15) is 34.6 Å². The van der Waals surface area contributed by atoms with Crippen LogP contribution in [0.3, 0.4) is 0 Å². The second kappa shape index (κ2) is 6.21. The first-order chi connectivity index (χ1) is 7.20. The van der Waals surface area contributed by atoms with Crippen molar-refractivity contribution < 1.29 is 19.4 Å². The van der Waals surface area contributed by atoms with Crippen molar-refractivity contribution in [3.63, 3.8) is 0 Å². The van der Waals surface area contributed by atoms with Gasteiger partial charge in [-0.2, -0.15) is 0 Å². The van der Waals surface area contributed by atoms with Gasteiger partial charge < -0.3 is 14.6 Å². The van der Waals surface area contributed by atoms with E-state index in [9.17, 15) is 9.90 Å². The molecule has 3 atom stereocenters. The van der Waals surface area contributed by atoms with Crippen molar-refractivity contribution in [3.8, 4) is 0 Å². The quantitative estimate of drug-likeness (QED) is 0.732. The molecule has 1 unspecified atom stereocenters. The Hall–Kier alpha value is -0.610. The fourth-order valence-electron chi connectivity index (χ4n) is 1.12. The largest absolute Gasteiger partial charge is 0.463 e. The van der Waals surface area contributed by atoms with Crippen molar-refractivity contribution in [3.05, 3.63) is 0 Å². The minimum atomic E-state index is -0.508. The average Bonchev–Trinajstić information content (AvgIpc) is 2.16. The van der Waals surface area contributed by atoms with E-state index in [1.54, 1.807) is 34.8 Å². The lowest BCUT2D eigenvalue weighted by Gasteiger charge is -2.26. The zero-order valence-corrected chi connectivity index (χ0v) is 11.1. The number of carbonyl (C=O) groups is 1. The smallest absolute Gasteiger partial charge is 0.311 e. The van der Waals surface area contributed by atoms with E-state index in [4.69, 9.17) is 9.47 Å². The zero-order valence-electron chi connectivity index (χ0n) is 11.1. The third-order valence-electron chi connectivity index (χ3n) is 2.64. The molecule has 0 aromatic carbocycles. The summed E-state index contributed by atoms with van der Waals surface area (Å²) in [6.07, 6.45) is -0.760. The molecule has 1 N–H and O–H groups in total. The van der Waals surface area contributed by atoms with E-state index in [-0.39, 0.29) is 24.6 Å². The SMILES string of the molecule is CO[C@@H](COC(=O)C(C)(C)C)[C@@H](C)C(C)O. The second-order valence-electron chi connectivity index (χ2n) is 5.22. The standard InChI is InChI=1S/C12H24O4/c1-8(9(2)13)10(15-6)7-16-11(14)12(3,4)5/h8-10,13H,7H2,1-6H3/t8-,9?,10-/m0/s1. The number of rotatable bonds is 5. The van der Waals surface area contributed by atoms with Gasteiger partial charge in [-0.3, -0.25) is 4.79 Å². The van der Waals surface area contributed by atoms with Gasteiger partial charge in [-0.25, -0.2) is 0 Å². The van der Waals surface area contributed by atoms with Gasteiger partial charge in [0.05, 0.1) is 17.6 Å². The Morgan fingerprint density at radius 2 is 1.81 bits per heavy atom. The zero-order chi connectivity index (χ0) is 12.9. The molecule has 0 spiro atoms. The molecule has 0 rings (SSSR count). The molecular weight excluding hydrogens is 208 g/mol. The molecule has 0 aliphatic carbocycles. The Balaban J connectivity index is 4.21. The number of hydrogen-bond acceptors (Lipinski definition) is 4. The summed E-state index contributed by atoms with van der Waals surface area (Å²) in [6.45, 7) is 9.14. The summed E-state index contributed by atoms with van der Waals surface area (Å²) < 4.78 is 10.4. The van der Waals surface area contributed by atoms with Gasteiger partial charge in [0.2, 0.25) is 0 Å². The number of aliphatic hydroxyl groups excluding tert-OH is 1. The molecule has 0 aliphatic heterocycles. The van der Waals surface area contributed by atoms with Crippen LogP contribution < -0.4 is 0 Å². The maximum Gasteiger partial charge on any atom is 0.311 e. The summed E-state index contributed by atoms with van der Waals surface area (Å²) >= 11 is 0. The summed E-state index contributed by atoms with van der Waals surface area (Å²) in [5.41, 5.74) is -0.508. The Labute approximate surface area is 97.9 Å². The third kappa shape index (κ3) is 4.94. The van der Waals surface area contributed by atoms with Crippen molar-refractivity contribution in [2.45, 2.75) is 46.8 Å². The number of hydrogen-bond donors (Lipinski definition) is 1. The van der Waals surface area contributed by atoms with Crippen molar-refractivity contribution in [1.29, 1.82) is 0 Å². The van der Waals surface area contributed by atoms with Crippen LogP contribution in [0.5, 0.6) is 0 Å². The van der Waals surface area contributed by atoms with Crippen molar-refractivity contribution >= 4 is 5.97 Å². The van der Waals surface area contributed by atoms with E-state index in [0.717, 1.165) is 0 Å². The first kappa shape index (κ1) is 15.4. The van der Waals surface area contributed by atoms with Crippen LogP contribution in [0, 0.1) is 11.3 Å². The van der Waals surface area contributed by atoms with E-state index in [1.165, 1.54) is 0 Å². The first-order valence-electron chi connectivity index (χ1n) is 5.58. The Morgan fingerprint density at radius 3 is 2.12 bits per heavy atom. The molecule has 0 fully saturated rings. The van der Waals surface area contributed by atoms with Gasteiger partial charge in [0, 0.05) is 13.0 Å². The third-order valence-corrected chi connectivity index (χ3v) is 2.64. The molecule has 0 aromatic heterocycles. The molecule has 0 saturated carbocycles. The second-order valence-corrected chi connectivity index (χ2v) is 5.22. The van der Waals surface area contributed by atoms with Crippen LogP contribution in [0.4, 0.5) is 0 Å². The summed E-state index contributed by atoms with van der Waals surface area (Å²) in [4.78, 5) is 11.5. The maximum absolute atomic E-state index is 11.5. The molecule has 0 heterocycles. The summed E-state index contributed by atoms with van der Waals surface area (Å²) in [6, 6.07) is 0. The highest BCUT2D eigenvalue weighted by Crippen LogP contribution is 2.17. The molecule has 0 radical (unpaired) electrons. The van der Waals surface area contributed by atoms with E-state index < -0.39 is 11.5 Å². The Kier molecular flexibility index (Phi) is 5.97. The number of methoxy groups -OCH3 is 1. The minimum absolute atomic E-state index is 0.0715. The van der Waals surface area contributed by atoms with E-state index in [0.29, 0.717) is 0 Å². The molecule has 0 saturated heterocycles. The van der Waals surface area contributed by atoms with Crippen molar-refractivity contribution in [2.24, 2.45) is 11.3 Å². The molecule has 4 heteroatoms. The van der Waals surface area contributed by atoms with Gasteiger partial charge >= 0.3 is 5.97 Å². The van der Waals surface area contributed by atoms with Gasteiger partial charge in [0.25, 0.3) is 0 Å².